The average Bonchev–Trinajstić information content (AvgIpc) is 1.16. The molecule has 0 aromatic carbocycles. The molecule has 0 radical (unpaired) electrons. The molecule has 1 heterocycles. The van der Waals surface area contributed by atoms with Gasteiger partial charge in [0.05, 0.1) is 6.61 Å². The Kier molecular flexibility index (Phi) is 1.19. The second-order valence-corrected chi connectivity index (χ2v) is 1.69. The first-order chi connectivity index (χ1) is 3.61. The van der Waals surface area contributed by atoms with Gasteiger partial charge >= 0.3 is 6.18 Å². The minimum atomic E-state index is -4.13. The second-order valence-electron chi connectivity index (χ2n) is 1.69. The lowest BCUT2D eigenvalue weighted by molar-refractivity contribution is -0.260. The summed E-state index contributed by atoms with van der Waals surface area (Å²) in [6, 6.07) is 0. The van der Waals surface area contributed by atoms with Crippen molar-refractivity contribution in [1.29, 1.82) is 0 Å². The molecule has 1 nitrogen and oxygen atoms in total. The number of halogens is 3. The molecule has 0 aliphatic carbocycles. The Morgan fingerprint density at radius 1 is 1.38 bits per heavy atom. The summed E-state index contributed by atoms with van der Waals surface area (Å²) in [4.78, 5) is 0. The van der Waals surface area contributed by atoms with Crippen molar-refractivity contribution < 1.29 is 17.9 Å². The summed E-state index contributed by atoms with van der Waals surface area (Å²) in [5.41, 5.74) is 0. The van der Waals surface area contributed by atoms with Gasteiger partial charge in [0.25, 0.3) is 0 Å². The molecule has 4 heteroatoms. The Labute approximate surface area is 44.4 Å². The molecular weight excluding hydrogens is 121 g/mol. The van der Waals surface area contributed by atoms with Crippen molar-refractivity contribution >= 4 is 0 Å². The van der Waals surface area contributed by atoms with Crippen LogP contribution in [0.5, 0.6) is 0 Å². The fourth-order valence-electron chi connectivity index (χ4n) is 0.494. The topological polar surface area (TPSA) is 9.23 Å². The van der Waals surface area contributed by atoms with E-state index in [0.717, 1.165) is 0 Å². The second kappa shape index (κ2) is 1.62. The van der Waals surface area contributed by atoms with E-state index in [0.29, 0.717) is 0 Å². The van der Waals surface area contributed by atoms with Crippen molar-refractivity contribution in [1.82, 2.24) is 0 Å². The van der Waals surface area contributed by atoms with Crippen LogP contribution in [0.1, 0.15) is 6.42 Å². The van der Waals surface area contributed by atoms with E-state index in [4.69, 9.17) is 0 Å². The lowest BCUT2D eigenvalue weighted by atomic mass is 10.2. The zero-order valence-electron chi connectivity index (χ0n) is 4.03. The van der Waals surface area contributed by atoms with Crippen LogP contribution in [0.3, 0.4) is 0 Å². The van der Waals surface area contributed by atoms with Crippen LogP contribution >= 0.6 is 0 Å². The maximum absolute atomic E-state index is 11.4. The highest BCUT2D eigenvalue weighted by Crippen LogP contribution is 2.30. The SMILES string of the molecule is FC(F)(F)[C@H]1CCO1. The third-order valence-electron chi connectivity index (χ3n) is 1.06. The highest BCUT2D eigenvalue weighted by molar-refractivity contribution is 4.73. The largest absolute Gasteiger partial charge is 0.414 e. The number of rotatable bonds is 0. The Balaban J connectivity index is 2.34. The van der Waals surface area contributed by atoms with Gasteiger partial charge in [0.2, 0.25) is 0 Å². The standard InChI is InChI=1S/C4H5F3O/c5-4(6,7)3-1-2-8-3/h3H,1-2H2/t3-/m1/s1. The van der Waals surface area contributed by atoms with Crippen LogP contribution in [-0.2, 0) is 4.74 Å². The maximum Gasteiger partial charge on any atom is 0.414 e. The van der Waals surface area contributed by atoms with E-state index in [1.165, 1.54) is 0 Å². The number of hydrogen-bond donors (Lipinski definition) is 0. The Morgan fingerprint density at radius 3 is 1.88 bits per heavy atom. The van der Waals surface area contributed by atoms with Gasteiger partial charge in [-0.1, -0.05) is 0 Å². The van der Waals surface area contributed by atoms with Crippen LogP contribution in [0, 0.1) is 0 Å². The van der Waals surface area contributed by atoms with Crippen molar-refractivity contribution in [2.45, 2.75) is 18.7 Å². The van der Waals surface area contributed by atoms with Crippen LogP contribution < -0.4 is 0 Å². The molecule has 1 atom stereocenters. The lowest BCUT2D eigenvalue weighted by Gasteiger charge is -2.27. The molecule has 1 fully saturated rings. The quantitative estimate of drug-likeness (QED) is 0.475. The molecule has 0 unspecified atom stereocenters. The summed E-state index contributed by atoms with van der Waals surface area (Å²) in [7, 11) is 0. The van der Waals surface area contributed by atoms with E-state index in [9.17, 15) is 13.2 Å². The van der Waals surface area contributed by atoms with Gasteiger partial charge in [-0.3, -0.25) is 0 Å². The third-order valence-corrected chi connectivity index (χ3v) is 1.06. The smallest absolute Gasteiger partial charge is 0.369 e. The molecule has 0 aromatic rings. The van der Waals surface area contributed by atoms with Crippen molar-refractivity contribution in [3.05, 3.63) is 0 Å². The van der Waals surface area contributed by atoms with Gasteiger partial charge in [-0.05, 0) is 0 Å². The molecule has 1 rings (SSSR count). The first-order valence-corrected chi connectivity index (χ1v) is 2.29. The molecule has 48 valence electrons. The summed E-state index contributed by atoms with van der Waals surface area (Å²) in [5.74, 6) is 0. The van der Waals surface area contributed by atoms with Crippen LogP contribution in [-0.4, -0.2) is 18.9 Å². The Hall–Kier alpha value is -0.250. The lowest BCUT2D eigenvalue weighted by Crippen LogP contribution is -2.40. The van der Waals surface area contributed by atoms with Gasteiger partial charge < -0.3 is 4.74 Å². The van der Waals surface area contributed by atoms with Gasteiger partial charge in [0.15, 0.2) is 6.10 Å². The fourth-order valence-corrected chi connectivity index (χ4v) is 0.494. The third kappa shape index (κ3) is 0.940. The average molecular weight is 126 g/mol. The summed E-state index contributed by atoms with van der Waals surface area (Å²) in [6.45, 7) is 0.254. The van der Waals surface area contributed by atoms with Crippen molar-refractivity contribution in [2.24, 2.45) is 0 Å². The molecule has 8 heavy (non-hydrogen) atoms. The molecule has 0 saturated carbocycles. The molecule has 0 amide bonds. The molecule has 1 saturated heterocycles. The zero-order chi connectivity index (χ0) is 6.20. The van der Waals surface area contributed by atoms with Crippen LogP contribution in [0.4, 0.5) is 13.2 Å². The molecule has 1 aliphatic heterocycles. The highest BCUT2D eigenvalue weighted by Gasteiger charge is 2.44. The normalized spacial score (nSPS) is 29.6. The van der Waals surface area contributed by atoms with Crippen LogP contribution in [0.15, 0.2) is 0 Å². The molecule has 0 bridgehead atoms. The van der Waals surface area contributed by atoms with Crippen LogP contribution in [0.2, 0.25) is 0 Å². The number of hydrogen-bond acceptors (Lipinski definition) is 1. The van der Waals surface area contributed by atoms with E-state index in [-0.39, 0.29) is 13.0 Å². The van der Waals surface area contributed by atoms with E-state index in [1.807, 2.05) is 0 Å². The minimum absolute atomic E-state index is 0.128. The summed E-state index contributed by atoms with van der Waals surface area (Å²) in [5, 5.41) is 0. The van der Waals surface area contributed by atoms with E-state index < -0.39 is 12.3 Å². The molecule has 1 aliphatic rings. The molecule has 0 spiro atoms. The molecule has 0 aromatic heterocycles. The fraction of sp³-hybridized carbons (Fsp3) is 1.00. The monoisotopic (exact) mass is 126 g/mol. The maximum atomic E-state index is 11.4. The van der Waals surface area contributed by atoms with Crippen LogP contribution in [0.25, 0.3) is 0 Å². The van der Waals surface area contributed by atoms with Gasteiger partial charge in [-0.15, -0.1) is 0 Å². The summed E-state index contributed by atoms with van der Waals surface area (Å²) < 4.78 is 38.3. The van der Waals surface area contributed by atoms with Crippen molar-refractivity contribution in [3.63, 3.8) is 0 Å². The number of alkyl halides is 3. The van der Waals surface area contributed by atoms with E-state index >= 15 is 0 Å². The summed E-state index contributed by atoms with van der Waals surface area (Å²) in [6.07, 6.45) is -5.47. The van der Waals surface area contributed by atoms with Gasteiger partial charge in [0, 0.05) is 6.42 Å². The van der Waals surface area contributed by atoms with Gasteiger partial charge in [-0.25, -0.2) is 0 Å². The van der Waals surface area contributed by atoms with E-state index in [2.05, 4.69) is 4.74 Å². The predicted octanol–water partition coefficient (Wildman–Crippen LogP) is 1.34. The predicted molar refractivity (Wildman–Crippen MR) is 20.4 cm³/mol. The number of ether oxygens (including phenoxy) is 1. The van der Waals surface area contributed by atoms with E-state index in [1.54, 1.807) is 0 Å². The highest BCUT2D eigenvalue weighted by atomic mass is 19.4. The zero-order valence-corrected chi connectivity index (χ0v) is 4.03. The first kappa shape index (κ1) is 5.88. The Bertz CT molecular complexity index is 83.8. The van der Waals surface area contributed by atoms with Crippen molar-refractivity contribution in [2.75, 3.05) is 6.61 Å². The van der Waals surface area contributed by atoms with Gasteiger partial charge in [0.1, 0.15) is 0 Å². The Morgan fingerprint density at radius 2 is 1.88 bits per heavy atom. The molecule has 0 N–H and O–H groups in total. The molecular formula is C4H5F3O. The van der Waals surface area contributed by atoms with Crippen molar-refractivity contribution in [3.8, 4) is 0 Å². The van der Waals surface area contributed by atoms with Gasteiger partial charge in [-0.2, -0.15) is 13.2 Å². The minimum Gasteiger partial charge on any atom is -0.369 e. The first-order valence-electron chi connectivity index (χ1n) is 2.29. The summed E-state index contributed by atoms with van der Waals surface area (Å²) >= 11 is 0.